The van der Waals surface area contributed by atoms with E-state index in [1.807, 2.05) is 0 Å². The SMILES string of the molecule is CC(C(=O)NC1CC1)n1nnc2cc(C(=O)O)ccc21. The van der Waals surface area contributed by atoms with Gasteiger partial charge in [0, 0.05) is 6.04 Å². The van der Waals surface area contributed by atoms with E-state index in [2.05, 4.69) is 15.6 Å². The zero-order valence-corrected chi connectivity index (χ0v) is 10.9. The molecular weight excluding hydrogens is 260 g/mol. The van der Waals surface area contributed by atoms with Gasteiger partial charge in [-0.15, -0.1) is 5.10 Å². The van der Waals surface area contributed by atoms with Crippen LogP contribution in [0.5, 0.6) is 0 Å². The summed E-state index contributed by atoms with van der Waals surface area (Å²) in [5.74, 6) is -1.11. The summed E-state index contributed by atoms with van der Waals surface area (Å²) < 4.78 is 1.51. The van der Waals surface area contributed by atoms with Gasteiger partial charge in [-0.1, -0.05) is 5.21 Å². The Balaban J connectivity index is 1.91. The summed E-state index contributed by atoms with van der Waals surface area (Å²) in [5.41, 5.74) is 1.27. The fourth-order valence-corrected chi connectivity index (χ4v) is 2.02. The van der Waals surface area contributed by atoms with Crippen molar-refractivity contribution in [3.63, 3.8) is 0 Å². The highest BCUT2D eigenvalue weighted by Crippen LogP contribution is 2.21. The molecule has 20 heavy (non-hydrogen) atoms. The van der Waals surface area contributed by atoms with Crippen molar-refractivity contribution < 1.29 is 14.7 Å². The Morgan fingerprint density at radius 3 is 2.85 bits per heavy atom. The second-order valence-corrected chi connectivity index (χ2v) is 5.00. The molecule has 1 unspecified atom stereocenters. The van der Waals surface area contributed by atoms with Gasteiger partial charge in [0.15, 0.2) is 0 Å². The second kappa shape index (κ2) is 4.59. The van der Waals surface area contributed by atoms with Gasteiger partial charge < -0.3 is 10.4 Å². The average Bonchev–Trinajstić information content (AvgIpc) is 3.14. The first kappa shape index (κ1) is 12.6. The number of amides is 1. The van der Waals surface area contributed by atoms with E-state index in [4.69, 9.17) is 5.11 Å². The van der Waals surface area contributed by atoms with Crippen LogP contribution in [0.15, 0.2) is 18.2 Å². The molecule has 1 fully saturated rings. The normalized spacial score (nSPS) is 16.1. The molecule has 2 aromatic rings. The fraction of sp³-hybridized carbons (Fsp3) is 0.385. The van der Waals surface area contributed by atoms with Crippen LogP contribution in [0.25, 0.3) is 11.0 Å². The largest absolute Gasteiger partial charge is 0.478 e. The van der Waals surface area contributed by atoms with Crippen LogP contribution in [0.3, 0.4) is 0 Å². The van der Waals surface area contributed by atoms with Crippen molar-refractivity contribution in [3.05, 3.63) is 23.8 Å². The lowest BCUT2D eigenvalue weighted by Gasteiger charge is -2.12. The van der Waals surface area contributed by atoms with Gasteiger partial charge in [-0.2, -0.15) is 0 Å². The third-order valence-corrected chi connectivity index (χ3v) is 3.39. The molecule has 1 amide bonds. The van der Waals surface area contributed by atoms with E-state index in [1.165, 1.54) is 16.8 Å². The molecule has 2 N–H and O–H groups in total. The molecule has 1 aromatic carbocycles. The maximum atomic E-state index is 12.0. The number of benzene rings is 1. The van der Waals surface area contributed by atoms with E-state index in [0.717, 1.165) is 12.8 Å². The highest BCUT2D eigenvalue weighted by atomic mass is 16.4. The molecule has 1 atom stereocenters. The standard InChI is InChI=1S/C13H14N4O3/c1-7(12(18)14-9-3-4-9)17-11-5-2-8(13(19)20)6-10(11)15-16-17/h2,5-7,9H,3-4H2,1H3,(H,14,18)(H,19,20). The third-order valence-electron chi connectivity index (χ3n) is 3.39. The van der Waals surface area contributed by atoms with Crippen LogP contribution in [0.1, 0.15) is 36.2 Å². The second-order valence-electron chi connectivity index (χ2n) is 5.00. The van der Waals surface area contributed by atoms with Crippen molar-refractivity contribution in [2.45, 2.75) is 31.8 Å². The molecule has 1 saturated carbocycles. The predicted octanol–water partition coefficient (Wildman–Crippen LogP) is 0.969. The van der Waals surface area contributed by atoms with Crippen LogP contribution >= 0.6 is 0 Å². The van der Waals surface area contributed by atoms with E-state index < -0.39 is 12.0 Å². The first-order valence-electron chi connectivity index (χ1n) is 6.45. The van der Waals surface area contributed by atoms with Gasteiger partial charge in [-0.3, -0.25) is 4.79 Å². The lowest BCUT2D eigenvalue weighted by atomic mass is 10.2. The minimum absolute atomic E-state index is 0.0957. The molecule has 0 aliphatic heterocycles. The zero-order valence-electron chi connectivity index (χ0n) is 10.9. The third kappa shape index (κ3) is 2.22. The molecule has 7 heteroatoms. The van der Waals surface area contributed by atoms with Crippen LogP contribution in [-0.2, 0) is 4.79 Å². The number of fused-ring (bicyclic) bond motifs is 1. The lowest BCUT2D eigenvalue weighted by Crippen LogP contribution is -2.32. The molecule has 1 aliphatic rings. The minimum atomic E-state index is -1.01. The number of rotatable bonds is 4. The van der Waals surface area contributed by atoms with Gasteiger partial charge >= 0.3 is 5.97 Å². The summed E-state index contributed by atoms with van der Waals surface area (Å²) in [7, 11) is 0. The number of carbonyl (C=O) groups excluding carboxylic acids is 1. The monoisotopic (exact) mass is 274 g/mol. The minimum Gasteiger partial charge on any atom is -0.478 e. The van der Waals surface area contributed by atoms with E-state index in [0.29, 0.717) is 17.1 Å². The lowest BCUT2D eigenvalue weighted by molar-refractivity contribution is -0.124. The first-order valence-corrected chi connectivity index (χ1v) is 6.45. The Labute approximate surface area is 114 Å². The topological polar surface area (TPSA) is 97.1 Å². The van der Waals surface area contributed by atoms with Gasteiger partial charge in [0.1, 0.15) is 11.6 Å². The highest BCUT2D eigenvalue weighted by molar-refractivity contribution is 5.92. The average molecular weight is 274 g/mol. The van der Waals surface area contributed by atoms with Crippen molar-refractivity contribution in [1.29, 1.82) is 0 Å². The Kier molecular flexibility index (Phi) is 2.89. The molecule has 1 aliphatic carbocycles. The quantitative estimate of drug-likeness (QED) is 0.865. The number of aromatic carboxylic acids is 1. The first-order chi connectivity index (χ1) is 9.56. The molecule has 0 radical (unpaired) electrons. The van der Waals surface area contributed by atoms with E-state index >= 15 is 0 Å². The molecule has 104 valence electrons. The van der Waals surface area contributed by atoms with Crippen LogP contribution in [0, 0.1) is 0 Å². The number of carboxylic acids is 1. The van der Waals surface area contributed by atoms with Crippen LogP contribution in [0.2, 0.25) is 0 Å². The number of carboxylic acid groups (broad SMARTS) is 1. The predicted molar refractivity (Wildman–Crippen MR) is 70.4 cm³/mol. The van der Waals surface area contributed by atoms with E-state index in [9.17, 15) is 9.59 Å². The molecule has 1 aromatic heterocycles. The molecule has 0 saturated heterocycles. The van der Waals surface area contributed by atoms with Gasteiger partial charge in [-0.25, -0.2) is 9.48 Å². The summed E-state index contributed by atoms with van der Waals surface area (Å²) in [5, 5.41) is 19.7. The fourth-order valence-electron chi connectivity index (χ4n) is 2.02. The number of nitrogens with zero attached hydrogens (tertiary/aromatic N) is 3. The Morgan fingerprint density at radius 1 is 1.45 bits per heavy atom. The van der Waals surface area contributed by atoms with E-state index in [1.54, 1.807) is 13.0 Å². The summed E-state index contributed by atoms with van der Waals surface area (Å²) >= 11 is 0. The number of hydrogen-bond acceptors (Lipinski definition) is 4. The molecule has 1 heterocycles. The van der Waals surface area contributed by atoms with Crippen molar-refractivity contribution in [3.8, 4) is 0 Å². The zero-order chi connectivity index (χ0) is 14.3. The summed E-state index contributed by atoms with van der Waals surface area (Å²) in [4.78, 5) is 22.9. The highest BCUT2D eigenvalue weighted by Gasteiger charge is 2.27. The van der Waals surface area contributed by atoms with Gasteiger partial charge in [0.2, 0.25) is 5.91 Å². The summed E-state index contributed by atoms with van der Waals surface area (Å²) in [6.45, 7) is 1.75. The maximum Gasteiger partial charge on any atom is 0.335 e. The van der Waals surface area contributed by atoms with Crippen molar-refractivity contribution in [2.75, 3.05) is 0 Å². The van der Waals surface area contributed by atoms with Crippen LogP contribution < -0.4 is 5.32 Å². The van der Waals surface area contributed by atoms with Crippen molar-refractivity contribution >= 4 is 22.9 Å². The molecule has 7 nitrogen and oxygen atoms in total. The molecule has 0 bridgehead atoms. The molecule has 3 rings (SSSR count). The molecular formula is C13H14N4O3. The number of nitrogens with one attached hydrogen (secondary N) is 1. The Bertz CT molecular complexity index is 690. The Morgan fingerprint density at radius 2 is 2.20 bits per heavy atom. The van der Waals surface area contributed by atoms with Crippen molar-refractivity contribution in [2.24, 2.45) is 0 Å². The Hall–Kier alpha value is -2.44. The number of aromatic nitrogens is 3. The van der Waals surface area contributed by atoms with Crippen molar-refractivity contribution in [1.82, 2.24) is 20.3 Å². The van der Waals surface area contributed by atoms with Gasteiger partial charge in [0.05, 0.1) is 11.1 Å². The van der Waals surface area contributed by atoms with E-state index in [-0.39, 0.29) is 11.5 Å². The summed E-state index contributed by atoms with van der Waals surface area (Å²) in [6, 6.07) is 4.37. The smallest absolute Gasteiger partial charge is 0.335 e. The number of carbonyl (C=O) groups is 2. The van der Waals surface area contributed by atoms with Gasteiger partial charge in [0.25, 0.3) is 0 Å². The van der Waals surface area contributed by atoms with Crippen LogP contribution in [0.4, 0.5) is 0 Å². The maximum absolute atomic E-state index is 12.0. The number of hydrogen-bond donors (Lipinski definition) is 2. The molecule has 0 spiro atoms. The summed E-state index contributed by atoms with van der Waals surface area (Å²) in [6.07, 6.45) is 2.05. The van der Waals surface area contributed by atoms with Gasteiger partial charge in [-0.05, 0) is 38.0 Å². The van der Waals surface area contributed by atoms with Crippen LogP contribution in [-0.4, -0.2) is 38.0 Å².